The number of halogens is 1. The molecule has 1 atom stereocenters. The van der Waals surface area contributed by atoms with Crippen LogP contribution in [0.1, 0.15) is 24.0 Å². The highest BCUT2D eigenvalue weighted by atomic mass is 19.1. The smallest absolute Gasteiger partial charge is 0.227 e. The van der Waals surface area contributed by atoms with Gasteiger partial charge in [0, 0.05) is 37.8 Å². The summed E-state index contributed by atoms with van der Waals surface area (Å²) in [5.74, 6) is -0.258. The zero-order valence-corrected chi connectivity index (χ0v) is 16.3. The van der Waals surface area contributed by atoms with Crippen molar-refractivity contribution in [3.05, 3.63) is 90.0 Å². The highest BCUT2D eigenvalue weighted by Crippen LogP contribution is 2.17. The molecule has 2 heterocycles. The number of carbonyl (C=O) groups excluding carboxylic acids is 1. The molecule has 3 aromatic rings. The molecule has 0 aliphatic carbocycles. The molecule has 5 heteroatoms. The summed E-state index contributed by atoms with van der Waals surface area (Å²) >= 11 is 0. The Morgan fingerprint density at radius 2 is 1.86 bits per heavy atom. The topological polar surface area (TPSA) is 34.5 Å². The van der Waals surface area contributed by atoms with Crippen molar-refractivity contribution in [2.45, 2.75) is 31.9 Å². The molecule has 0 N–H and O–H groups in total. The number of benzene rings is 2. The van der Waals surface area contributed by atoms with E-state index in [1.165, 1.54) is 12.1 Å². The predicted molar refractivity (Wildman–Crippen MR) is 110 cm³/mol. The molecule has 0 bridgehead atoms. The van der Waals surface area contributed by atoms with E-state index in [0.717, 1.165) is 36.3 Å². The van der Waals surface area contributed by atoms with Crippen LogP contribution in [-0.2, 0) is 22.5 Å². The van der Waals surface area contributed by atoms with Crippen LogP contribution in [0.4, 0.5) is 4.39 Å². The fourth-order valence-electron chi connectivity index (χ4n) is 3.72. The second-order valence-electron chi connectivity index (χ2n) is 7.47. The molecular formula is C24H25FN2O2. The van der Waals surface area contributed by atoms with Crippen molar-refractivity contribution in [1.29, 1.82) is 0 Å². The van der Waals surface area contributed by atoms with Gasteiger partial charge in [-0.25, -0.2) is 4.39 Å². The van der Waals surface area contributed by atoms with Crippen molar-refractivity contribution in [2.75, 3.05) is 13.2 Å². The maximum absolute atomic E-state index is 13.6. The monoisotopic (exact) mass is 392 g/mol. The third-order valence-electron chi connectivity index (χ3n) is 5.26. The van der Waals surface area contributed by atoms with Crippen LogP contribution >= 0.6 is 0 Å². The van der Waals surface area contributed by atoms with Crippen molar-refractivity contribution in [2.24, 2.45) is 0 Å². The molecule has 4 rings (SSSR count). The van der Waals surface area contributed by atoms with Crippen LogP contribution in [0.3, 0.4) is 0 Å². The second kappa shape index (κ2) is 9.05. The molecule has 0 saturated carbocycles. The van der Waals surface area contributed by atoms with E-state index in [-0.39, 0.29) is 17.8 Å². The Balaban J connectivity index is 1.46. The first-order valence-electron chi connectivity index (χ1n) is 10.0. The lowest BCUT2D eigenvalue weighted by atomic mass is 10.1. The molecule has 1 aliphatic heterocycles. The summed E-state index contributed by atoms with van der Waals surface area (Å²) in [4.78, 5) is 14.9. The van der Waals surface area contributed by atoms with Crippen molar-refractivity contribution < 1.29 is 13.9 Å². The number of aromatic nitrogens is 1. The lowest BCUT2D eigenvalue weighted by Crippen LogP contribution is -2.37. The molecule has 1 saturated heterocycles. The van der Waals surface area contributed by atoms with Crippen LogP contribution < -0.4 is 0 Å². The molecule has 0 radical (unpaired) electrons. The van der Waals surface area contributed by atoms with Gasteiger partial charge in [0.1, 0.15) is 5.82 Å². The summed E-state index contributed by atoms with van der Waals surface area (Å²) in [5.41, 5.74) is 2.81. The Morgan fingerprint density at radius 1 is 1.07 bits per heavy atom. The van der Waals surface area contributed by atoms with E-state index in [0.29, 0.717) is 19.5 Å². The maximum atomic E-state index is 13.6. The number of ether oxygens (including phenoxy) is 1. The largest absolute Gasteiger partial charge is 0.376 e. The SMILES string of the molecule is O=C(Cc1ccc(-n2cccc2)cc1)N(Cc1cccc(F)c1)C[C@H]1CCCO1. The molecule has 0 spiro atoms. The summed E-state index contributed by atoms with van der Waals surface area (Å²) in [6.45, 7) is 1.67. The van der Waals surface area contributed by atoms with E-state index in [1.807, 2.05) is 59.4 Å². The zero-order valence-electron chi connectivity index (χ0n) is 16.3. The van der Waals surface area contributed by atoms with Crippen molar-refractivity contribution in [3.63, 3.8) is 0 Å². The molecule has 2 aromatic carbocycles. The van der Waals surface area contributed by atoms with Gasteiger partial charge in [0.2, 0.25) is 5.91 Å². The van der Waals surface area contributed by atoms with E-state index >= 15 is 0 Å². The van der Waals surface area contributed by atoms with Crippen LogP contribution in [-0.4, -0.2) is 34.6 Å². The average Bonchev–Trinajstić information content (AvgIpc) is 3.42. The maximum Gasteiger partial charge on any atom is 0.227 e. The van der Waals surface area contributed by atoms with Gasteiger partial charge >= 0.3 is 0 Å². The van der Waals surface area contributed by atoms with E-state index < -0.39 is 0 Å². The van der Waals surface area contributed by atoms with Crippen LogP contribution in [0.5, 0.6) is 0 Å². The minimum absolute atomic E-state index is 0.0264. The molecule has 1 aromatic heterocycles. The normalized spacial score (nSPS) is 16.1. The highest BCUT2D eigenvalue weighted by molar-refractivity contribution is 5.79. The lowest BCUT2D eigenvalue weighted by Gasteiger charge is -2.26. The first-order chi connectivity index (χ1) is 14.2. The number of hydrogen-bond donors (Lipinski definition) is 0. The van der Waals surface area contributed by atoms with Crippen LogP contribution in [0.2, 0.25) is 0 Å². The average molecular weight is 392 g/mol. The fraction of sp³-hybridized carbons (Fsp3) is 0.292. The fourth-order valence-corrected chi connectivity index (χ4v) is 3.72. The van der Waals surface area contributed by atoms with Gasteiger partial charge in [0.15, 0.2) is 0 Å². The van der Waals surface area contributed by atoms with Crippen molar-refractivity contribution >= 4 is 5.91 Å². The van der Waals surface area contributed by atoms with Gasteiger partial charge in [-0.1, -0.05) is 24.3 Å². The minimum Gasteiger partial charge on any atom is -0.376 e. The Morgan fingerprint density at radius 3 is 2.55 bits per heavy atom. The Hall–Kier alpha value is -2.92. The number of carbonyl (C=O) groups is 1. The van der Waals surface area contributed by atoms with Gasteiger partial charge in [0.25, 0.3) is 0 Å². The van der Waals surface area contributed by atoms with E-state index in [2.05, 4.69) is 0 Å². The summed E-state index contributed by atoms with van der Waals surface area (Å²) in [7, 11) is 0. The van der Waals surface area contributed by atoms with E-state index in [9.17, 15) is 9.18 Å². The van der Waals surface area contributed by atoms with Gasteiger partial charge in [-0.05, 0) is 60.4 Å². The van der Waals surface area contributed by atoms with Gasteiger partial charge in [-0.3, -0.25) is 4.79 Å². The summed E-state index contributed by atoms with van der Waals surface area (Å²) in [5, 5.41) is 0. The molecular weight excluding hydrogens is 367 g/mol. The summed E-state index contributed by atoms with van der Waals surface area (Å²) in [6, 6.07) is 18.4. The highest BCUT2D eigenvalue weighted by Gasteiger charge is 2.23. The van der Waals surface area contributed by atoms with E-state index in [4.69, 9.17) is 4.74 Å². The molecule has 1 amide bonds. The lowest BCUT2D eigenvalue weighted by molar-refractivity contribution is -0.132. The van der Waals surface area contributed by atoms with Gasteiger partial charge in [-0.2, -0.15) is 0 Å². The van der Waals surface area contributed by atoms with Gasteiger partial charge in [-0.15, -0.1) is 0 Å². The summed E-state index contributed by atoms with van der Waals surface area (Å²) in [6.07, 6.45) is 6.33. The first-order valence-corrected chi connectivity index (χ1v) is 10.0. The zero-order chi connectivity index (χ0) is 20.1. The van der Waals surface area contributed by atoms with E-state index in [1.54, 1.807) is 11.0 Å². The molecule has 1 fully saturated rings. The van der Waals surface area contributed by atoms with Crippen LogP contribution in [0.25, 0.3) is 5.69 Å². The van der Waals surface area contributed by atoms with Crippen LogP contribution in [0, 0.1) is 5.82 Å². The number of amides is 1. The Kier molecular flexibility index (Phi) is 6.06. The summed E-state index contributed by atoms with van der Waals surface area (Å²) < 4.78 is 21.4. The molecule has 150 valence electrons. The Bertz CT molecular complexity index is 932. The van der Waals surface area contributed by atoms with Crippen molar-refractivity contribution in [1.82, 2.24) is 9.47 Å². The van der Waals surface area contributed by atoms with Gasteiger partial charge < -0.3 is 14.2 Å². The van der Waals surface area contributed by atoms with Crippen LogP contribution in [0.15, 0.2) is 73.1 Å². The minimum atomic E-state index is -0.285. The third-order valence-corrected chi connectivity index (χ3v) is 5.26. The Labute approximate surface area is 170 Å². The number of rotatable bonds is 7. The molecule has 4 nitrogen and oxygen atoms in total. The number of hydrogen-bond acceptors (Lipinski definition) is 2. The van der Waals surface area contributed by atoms with Gasteiger partial charge in [0.05, 0.1) is 12.5 Å². The predicted octanol–water partition coefficient (Wildman–Crippen LogP) is 4.37. The molecule has 0 unspecified atom stereocenters. The quantitative estimate of drug-likeness (QED) is 0.599. The third kappa shape index (κ3) is 5.12. The van der Waals surface area contributed by atoms with Crippen molar-refractivity contribution in [3.8, 4) is 5.69 Å². The first kappa shape index (κ1) is 19.4. The molecule has 1 aliphatic rings. The standard InChI is InChI=1S/C24H25FN2O2/c25-21-6-3-5-20(15-21)17-27(18-23-7-4-14-29-23)24(28)16-19-8-10-22(11-9-19)26-12-1-2-13-26/h1-3,5-6,8-13,15,23H,4,7,14,16-18H2/t23-/m1/s1. The number of nitrogens with zero attached hydrogens (tertiary/aromatic N) is 2. The molecule has 29 heavy (non-hydrogen) atoms. The second-order valence-corrected chi connectivity index (χ2v) is 7.47.